The van der Waals surface area contributed by atoms with E-state index in [0.29, 0.717) is 29.6 Å². The van der Waals surface area contributed by atoms with Gasteiger partial charge in [-0.1, -0.05) is 19.3 Å². The fourth-order valence-corrected chi connectivity index (χ4v) is 7.86. The summed E-state index contributed by atoms with van der Waals surface area (Å²) in [6, 6.07) is 5.54. The van der Waals surface area contributed by atoms with Crippen molar-refractivity contribution in [3.63, 3.8) is 0 Å². The van der Waals surface area contributed by atoms with Crippen LogP contribution in [0.4, 0.5) is 9.80 Å². The highest BCUT2D eigenvalue weighted by molar-refractivity contribution is 7.89. The summed E-state index contributed by atoms with van der Waals surface area (Å²) < 4.78 is 27.8. The molecule has 10 nitrogen and oxygen atoms in total. The number of hydrogen-bond acceptors (Lipinski definition) is 7. The van der Waals surface area contributed by atoms with Gasteiger partial charge in [0, 0.05) is 49.7 Å². The van der Waals surface area contributed by atoms with E-state index >= 15 is 0 Å². The Hall–Kier alpha value is -2.80. The highest BCUT2D eigenvalue weighted by Gasteiger charge is 2.31. The summed E-state index contributed by atoms with van der Waals surface area (Å²) >= 11 is 1.33. The minimum atomic E-state index is -3.68. The number of carbonyl (C=O) groups is 3. The first-order chi connectivity index (χ1) is 18.5. The minimum Gasteiger partial charge on any atom is -0.341 e. The van der Waals surface area contributed by atoms with Gasteiger partial charge >= 0.3 is 6.03 Å². The molecule has 39 heavy (non-hydrogen) atoms. The maximum atomic E-state index is 13.2. The molecule has 0 unspecified atom stereocenters. The van der Waals surface area contributed by atoms with Crippen molar-refractivity contribution in [3.05, 3.63) is 45.8 Å². The summed E-state index contributed by atoms with van der Waals surface area (Å²) in [5, 5.41) is 7.90. The standard InChI is InChI=1S/C27H37N5O5S2/c1-17(2)32-15-14-21-22(16-32)38-26(23(21)25(34)30-27(35)28-3)29-24(33)18-10-12-20(13-11-18)39(36,37)31(4)19-8-6-5-7-9-19/h10-13,17,19H,5-9,14-16H2,1-4H3,(H,29,33)(H2,28,30,34,35). The maximum Gasteiger partial charge on any atom is 0.321 e. The van der Waals surface area contributed by atoms with Crippen molar-refractivity contribution in [1.82, 2.24) is 19.8 Å². The predicted octanol–water partition coefficient (Wildman–Crippen LogP) is 3.79. The van der Waals surface area contributed by atoms with E-state index in [-0.39, 0.29) is 16.5 Å². The molecule has 0 saturated heterocycles. The molecule has 1 aromatic carbocycles. The Morgan fingerprint density at radius 3 is 2.33 bits per heavy atom. The van der Waals surface area contributed by atoms with Gasteiger partial charge in [0.1, 0.15) is 5.00 Å². The van der Waals surface area contributed by atoms with Crippen LogP contribution in [-0.2, 0) is 23.0 Å². The van der Waals surface area contributed by atoms with Gasteiger partial charge in [0.05, 0.1) is 10.5 Å². The zero-order chi connectivity index (χ0) is 28.3. The molecule has 0 bridgehead atoms. The lowest BCUT2D eigenvalue weighted by molar-refractivity contribution is 0.0963. The van der Waals surface area contributed by atoms with Crippen molar-refractivity contribution in [2.45, 2.75) is 75.9 Å². The van der Waals surface area contributed by atoms with Crippen LogP contribution in [0, 0.1) is 0 Å². The fourth-order valence-electron chi connectivity index (χ4n) is 5.18. The third-order valence-electron chi connectivity index (χ3n) is 7.61. The Labute approximate surface area is 234 Å². The SMILES string of the molecule is CNC(=O)NC(=O)c1c(NC(=O)c2ccc(S(=O)(=O)N(C)C3CCCCC3)cc2)sc2c1CCN(C(C)C)C2. The Balaban J connectivity index is 1.56. The number of benzene rings is 1. The highest BCUT2D eigenvalue weighted by Crippen LogP contribution is 2.38. The molecule has 2 aliphatic rings. The number of amides is 4. The molecule has 2 heterocycles. The van der Waals surface area contributed by atoms with Gasteiger partial charge in [-0.05, 0) is 62.9 Å². The lowest BCUT2D eigenvalue weighted by Gasteiger charge is -2.30. The maximum absolute atomic E-state index is 13.2. The summed E-state index contributed by atoms with van der Waals surface area (Å²) in [5.74, 6) is -1.04. The number of imide groups is 1. The topological polar surface area (TPSA) is 128 Å². The number of carbonyl (C=O) groups excluding carboxylic acids is 3. The lowest BCUT2D eigenvalue weighted by Crippen LogP contribution is -2.39. The Morgan fingerprint density at radius 1 is 1.05 bits per heavy atom. The molecule has 1 saturated carbocycles. The molecular formula is C27H37N5O5S2. The van der Waals surface area contributed by atoms with Gasteiger partial charge in [0.15, 0.2) is 0 Å². The van der Waals surface area contributed by atoms with Gasteiger partial charge in [-0.2, -0.15) is 4.31 Å². The second-order valence-electron chi connectivity index (χ2n) is 10.3. The third kappa shape index (κ3) is 6.34. The molecule has 2 aromatic rings. The highest BCUT2D eigenvalue weighted by atomic mass is 32.2. The van der Waals surface area contributed by atoms with Crippen LogP contribution < -0.4 is 16.0 Å². The number of thiophene rings is 1. The second kappa shape index (κ2) is 12.2. The summed E-state index contributed by atoms with van der Waals surface area (Å²) in [4.78, 5) is 41.5. The van der Waals surface area contributed by atoms with E-state index in [0.717, 1.165) is 49.1 Å². The van der Waals surface area contributed by atoms with E-state index in [4.69, 9.17) is 0 Å². The van der Waals surface area contributed by atoms with E-state index < -0.39 is 27.9 Å². The van der Waals surface area contributed by atoms with Crippen LogP contribution in [0.2, 0.25) is 0 Å². The van der Waals surface area contributed by atoms with E-state index in [1.165, 1.54) is 47.0 Å². The number of sulfonamides is 1. The molecule has 12 heteroatoms. The molecule has 0 atom stereocenters. The zero-order valence-corrected chi connectivity index (χ0v) is 24.5. The van der Waals surface area contributed by atoms with E-state index in [1.54, 1.807) is 7.05 Å². The summed E-state index contributed by atoms with van der Waals surface area (Å²) in [6.45, 7) is 5.63. The molecule has 0 radical (unpaired) electrons. The summed E-state index contributed by atoms with van der Waals surface area (Å²) in [5.41, 5.74) is 1.39. The number of fused-ring (bicyclic) bond motifs is 1. The van der Waals surface area contributed by atoms with Gasteiger partial charge < -0.3 is 10.6 Å². The van der Waals surface area contributed by atoms with Gasteiger partial charge in [0.25, 0.3) is 11.8 Å². The van der Waals surface area contributed by atoms with E-state index in [2.05, 4.69) is 34.7 Å². The second-order valence-corrected chi connectivity index (χ2v) is 13.4. The molecule has 212 valence electrons. The fraction of sp³-hybridized carbons (Fsp3) is 0.519. The van der Waals surface area contributed by atoms with Crippen LogP contribution in [0.25, 0.3) is 0 Å². The van der Waals surface area contributed by atoms with Crippen molar-refractivity contribution >= 4 is 44.2 Å². The van der Waals surface area contributed by atoms with Gasteiger partial charge in [-0.25, -0.2) is 13.2 Å². The number of hydrogen-bond donors (Lipinski definition) is 3. The van der Waals surface area contributed by atoms with Crippen molar-refractivity contribution < 1.29 is 22.8 Å². The smallest absolute Gasteiger partial charge is 0.321 e. The van der Waals surface area contributed by atoms with Gasteiger partial charge in [0.2, 0.25) is 10.0 Å². The molecule has 0 spiro atoms. The average Bonchev–Trinajstić information content (AvgIpc) is 3.30. The third-order valence-corrected chi connectivity index (χ3v) is 10.7. The number of nitrogens with one attached hydrogen (secondary N) is 3. The molecule has 1 aliphatic carbocycles. The van der Waals surface area contributed by atoms with Crippen molar-refractivity contribution in [1.29, 1.82) is 0 Å². The molecule has 4 amide bonds. The summed E-state index contributed by atoms with van der Waals surface area (Å²) in [7, 11) is -0.635. The first-order valence-corrected chi connectivity index (χ1v) is 15.6. The van der Waals surface area contributed by atoms with E-state index in [9.17, 15) is 22.8 Å². The van der Waals surface area contributed by atoms with Crippen molar-refractivity contribution in [2.24, 2.45) is 0 Å². The zero-order valence-electron chi connectivity index (χ0n) is 22.9. The van der Waals surface area contributed by atoms with Crippen LogP contribution in [0.5, 0.6) is 0 Å². The monoisotopic (exact) mass is 575 g/mol. The number of anilines is 1. The van der Waals surface area contributed by atoms with Crippen LogP contribution in [-0.4, -0.2) is 68.2 Å². The molecule has 1 aliphatic heterocycles. The van der Waals surface area contributed by atoms with Crippen LogP contribution in [0.15, 0.2) is 29.2 Å². The average molecular weight is 576 g/mol. The minimum absolute atomic E-state index is 0.0115. The molecule has 3 N–H and O–H groups in total. The molecule has 4 rings (SSSR count). The van der Waals surface area contributed by atoms with Crippen LogP contribution in [0.3, 0.4) is 0 Å². The normalized spacial score (nSPS) is 16.7. The molecular weight excluding hydrogens is 538 g/mol. The number of urea groups is 1. The van der Waals surface area contributed by atoms with Gasteiger partial charge in [-0.15, -0.1) is 11.3 Å². The molecule has 1 fully saturated rings. The molecule has 1 aromatic heterocycles. The first-order valence-electron chi connectivity index (χ1n) is 13.3. The summed E-state index contributed by atoms with van der Waals surface area (Å²) in [6.07, 6.45) is 5.50. The number of rotatable bonds is 7. The van der Waals surface area contributed by atoms with Crippen molar-refractivity contribution in [3.8, 4) is 0 Å². The first kappa shape index (κ1) is 29.2. The predicted molar refractivity (Wildman–Crippen MR) is 152 cm³/mol. The Morgan fingerprint density at radius 2 is 1.72 bits per heavy atom. The van der Waals surface area contributed by atoms with Crippen molar-refractivity contribution in [2.75, 3.05) is 26.0 Å². The Bertz CT molecular complexity index is 1330. The van der Waals surface area contributed by atoms with E-state index in [1.807, 2.05) is 0 Å². The number of nitrogens with zero attached hydrogens (tertiary/aromatic N) is 2. The van der Waals surface area contributed by atoms with Gasteiger partial charge in [-0.3, -0.25) is 19.8 Å². The Kier molecular flexibility index (Phi) is 9.10. The lowest BCUT2D eigenvalue weighted by atomic mass is 9.96. The van der Waals surface area contributed by atoms with Crippen LogP contribution in [0.1, 0.15) is 77.1 Å². The van der Waals surface area contributed by atoms with Crippen LogP contribution >= 0.6 is 11.3 Å². The quantitative estimate of drug-likeness (QED) is 0.461. The largest absolute Gasteiger partial charge is 0.341 e.